The monoisotopic (exact) mass is 326 g/mol. The smallest absolute Gasteiger partial charge is 0.243 e. The van der Waals surface area contributed by atoms with E-state index in [0.29, 0.717) is 24.5 Å². The number of carbonyl (C=O) groups excluding carboxylic acids is 1. The minimum Gasteiger partial charge on any atom is -0.347 e. The van der Waals surface area contributed by atoms with Gasteiger partial charge in [0.25, 0.3) is 0 Å². The summed E-state index contributed by atoms with van der Waals surface area (Å²) in [5.41, 5.74) is 0. The summed E-state index contributed by atoms with van der Waals surface area (Å²) in [7, 11) is 0. The van der Waals surface area contributed by atoms with Gasteiger partial charge in [0.05, 0.1) is 6.54 Å². The molecule has 0 radical (unpaired) electrons. The Labute approximate surface area is 140 Å². The predicted octanol–water partition coefficient (Wildman–Crippen LogP) is 1.65. The van der Waals surface area contributed by atoms with Gasteiger partial charge in [-0.05, 0) is 31.2 Å². The van der Waals surface area contributed by atoms with Crippen molar-refractivity contribution in [2.75, 3.05) is 4.90 Å². The van der Waals surface area contributed by atoms with E-state index in [4.69, 9.17) is 0 Å². The van der Waals surface area contributed by atoms with E-state index in [9.17, 15) is 4.79 Å². The van der Waals surface area contributed by atoms with E-state index >= 15 is 0 Å². The van der Waals surface area contributed by atoms with Gasteiger partial charge < -0.3 is 15.2 Å². The van der Waals surface area contributed by atoms with Crippen LogP contribution in [-0.2, 0) is 11.3 Å². The van der Waals surface area contributed by atoms with Crippen molar-refractivity contribution in [3.05, 3.63) is 36.7 Å². The molecule has 2 aromatic rings. The maximum Gasteiger partial charge on any atom is 0.243 e. The molecule has 1 aliphatic heterocycles. The van der Waals surface area contributed by atoms with Crippen molar-refractivity contribution in [2.24, 2.45) is 5.92 Å². The van der Waals surface area contributed by atoms with Crippen LogP contribution < -0.4 is 10.2 Å². The third kappa shape index (κ3) is 2.86. The largest absolute Gasteiger partial charge is 0.347 e. The van der Waals surface area contributed by atoms with Crippen LogP contribution in [0.15, 0.2) is 30.9 Å². The Morgan fingerprint density at radius 3 is 2.83 bits per heavy atom. The topological polar surface area (TPSA) is 86.8 Å². The number of anilines is 1. The fraction of sp³-hybridized carbons (Fsp3) is 0.529. The fourth-order valence-corrected chi connectivity index (χ4v) is 4.09. The zero-order valence-electron chi connectivity index (χ0n) is 13.6. The molecule has 7 nitrogen and oxygen atoms in total. The lowest BCUT2D eigenvalue weighted by Gasteiger charge is -2.33. The zero-order valence-corrected chi connectivity index (χ0v) is 13.6. The van der Waals surface area contributed by atoms with E-state index in [-0.39, 0.29) is 11.9 Å². The Morgan fingerprint density at radius 1 is 1.21 bits per heavy atom. The van der Waals surface area contributed by atoms with Crippen LogP contribution in [0.5, 0.6) is 0 Å². The van der Waals surface area contributed by atoms with Crippen molar-refractivity contribution in [1.82, 2.24) is 25.3 Å². The van der Waals surface area contributed by atoms with Crippen molar-refractivity contribution in [3.63, 3.8) is 0 Å². The molecule has 3 heterocycles. The Morgan fingerprint density at radius 2 is 2.04 bits per heavy atom. The van der Waals surface area contributed by atoms with Crippen molar-refractivity contribution in [3.8, 4) is 0 Å². The quantitative estimate of drug-likeness (QED) is 0.892. The Balaban J connectivity index is 1.54. The van der Waals surface area contributed by atoms with Crippen LogP contribution in [0.25, 0.3) is 0 Å². The van der Waals surface area contributed by atoms with Crippen LogP contribution in [0.3, 0.4) is 0 Å². The molecular formula is C17H22N6O. The van der Waals surface area contributed by atoms with Gasteiger partial charge in [0, 0.05) is 30.8 Å². The molecule has 2 fully saturated rings. The molecule has 0 aromatic carbocycles. The molecule has 1 amide bonds. The summed E-state index contributed by atoms with van der Waals surface area (Å²) in [6.07, 6.45) is 12.6. The summed E-state index contributed by atoms with van der Waals surface area (Å²) in [4.78, 5) is 31.0. The van der Waals surface area contributed by atoms with Gasteiger partial charge in [0.1, 0.15) is 11.9 Å². The number of nitrogens with zero attached hydrogens (tertiary/aromatic N) is 4. The van der Waals surface area contributed by atoms with E-state index < -0.39 is 0 Å². The van der Waals surface area contributed by atoms with Gasteiger partial charge in [-0.2, -0.15) is 0 Å². The lowest BCUT2D eigenvalue weighted by atomic mass is 9.85. The number of H-pyrrole nitrogens is 1. The third-order valence-corrected chi connectivity index (χ3v) is 5.16. The lowest BCUT2D eigenvalue weighted by molar-refractivity contribution is -0.122. The molecule has 3 atom stereocenters. The number of nitrogens with one attached hydrogen (secondary N) is 2. The van der Waals surface area contributed by atoms with Crippen molar-refractivity contribution in [1.29, 1.82) is 0 Å². The number of aromatic amines is 1. The maximum absolute atomic E-state index is 12.8. The Kier molecular flexibility index (Phi) is 4.15. The second-order valence-electron chi connectivity index (χ2n) is 6.57. The fourth-order valence-electron chi connectivity index (χ4n) is 4.09. The van der Waals surface area contributed by atoms with Gasteiger partial charge in [-0.1, -0.05) is 12.8 Å². The number of imidazole rings is 1. The van der Waals surface area contributed by atoms with Crippen LogP contribution in [-0.4, -0.2) is 37.9 Å². The highest BCUT2D eigenvalue weighted by atomic mass is 16.2. The summed E-state index contributed by atoms with van der Waals surface area (Å²) in [5, 5.41) is 3.01. The van der Waals surface area contributed by atoms with Crippen molar-refractivity contribution >= 4 is 11.9 Å². The molecule has 0 bridgehead atoms. The molecule has 4 rings (SSSR count). The average Bonchev–Trinajstić information content (AvgIpc) is 3.28. The molecule has 0 spiro atoms. The molecule has 0 unspecified atom stereocenters. The molecule has 1 aliphatic carbocycles. The molecule has 2 aliphatic rings. The van der Waals surface area contributed by atoms with Gasteiger partial charge >= 0.3 is 0 Å². The summed E-state index contributed by atoms with van der Waals surface area (Å²) in [6, 6.07) is 1.99. The van der Waals surface area contributed by atoms with Gasteiger partial charge in [-0.3, -0.25) is 4.79 Å². The van der Waals surface area contributed by atoms with Crippen LogP contribution in [0, 0.1) is 5.92 Å². The van der Waals surface area contributed by atoms with E-state index in [1.54, 1.807) is 24.8 Å². The molecule has 2 aromatic heterocycles. The number of rotatable bonds is 4. The molecule has 2 N–H and O–H groups in total. The first kappa shape index (κ1) is 15.1. The van der Waals surface area contributed by atoms with Gasteiger partial charge in [-0.15, -0.1) is 0 Å². The second kappa shape index (κ2) is 6.59. The summed E-state index contributed by atoms with van der Waals surface area (Å²) in [5.74, 6) is 2.03. The maximum atomic E-state index is 12.8. The number of hydrogen-bond donors (Lipinski definition) is 2. The Hall–Kier alpha value is -2.44. The summed E-state index contributed by atoms with van der Waals surface area (Å²) in [6.45, 7) is 0.418. The van der Waals surface area contributed by atoms with Crippen molar-refractivity contribution < 1.29 is 4.79 Å². The number of hydrogen-bond acceptors (Lipinski definition) is 5. The van der Waals surface area contributed by atoms with Gasteiger partial charge in [0.2, 0.25) is 11.9 Å². The van der Waals surface area contributed by atoms with Crippen LogP contribution in [0.4, 0.5) is 5.95 Å². The van der Waals surface area contributed by atoms with Crippen LogP contribution in [0.1, 0.15) is 37.9 Å². The molecule has 1 saturated heterocycles. The van der Waals surface area contributed by atoms with E-state index in [2.05, 4.69) is 30.2 Å². The molecule has 24 heavy (non-hydrogen) atoms. The summed E-state index contributed by atoms with van der Waals surface area (Å²) < 4.78 is 0. The highest BCUT2D eigenvalue weighted by Gasteiger charge is 2.46. The number of aromatic nitrogens is 4. The normalized spacial score (nSPS) is 26.2. The number of carbonyl (C=O) groups is 1. The Bertz CT molecular complexity index is 674. The van der Waals surface area contributed by atoms with Gasteiger partial charge in [0.15, 0.2) is 0 Å². The van der Waals surface area contributed by atoms with Gasteiger partial charge in [-0.25, -0.2) is 15.0 Å². The third-order valence-electron chi connectivity index (χ3n) is 5.16. The lowest BCUT2D eigenvalue weighted by Crippen LogP contribution is -2.47. The minimum absolute atomic E-state index is 0.0354. The van der Waals surface area contributed by atoms with Crippen molar-refractivity contribution in [2.45, 2.75) is 50.7 Å². The first-order valence-corrected chi connectivity index (χ1v) is 8.64. The molecule has 7 heteroatoms. The number of amides is 1. The zero-order chi connectivity index (χ0) is 16.4. The van der Waals surface area contributed by atoms with Crippen LogP contribution >= 0.6 is 0 Å². The first-order valence-electron chi connectivity index (χ1n) is 8.64. The second-order valence-corrected chi connectivity index (χ2v) is 6.57. The average molecular weight is 326 g/mol. The van der Waals surface area contributed by atoms with E-state index in [1.165, 1.54) is 19.3 Å². The highest BCUT2D eigenvalue weighted by Crippen LogP contribution is 2.41. The van der Waals surface area contributed by atoms with E-state index in [1.807, 2.05) is 6.07 Å². The molecular weight excluding hydrogens is 304 g/mol. The first-order chi connectivity index (χ1) is 11.8. The standard InChI is InChI=1S/C17H22N6O/c24-16(22-11-15-18-8-9-19-15)14-10-12-4-1-2-5-13(12)23(14)17-20-6-3-7-21-17/h3,6-9,12-14H,1-2,4-5,10-11H2,(H,18,19)(H,22,24)/t12-,13+,14+/m1/s1. The number of fused-ring (bicyclic) bond motifs is 1. The van der Waals surface area contributed by atoms with Crippen LogP contribution in [0.2, 0.25) is 0 Å². The highest BCUT2D eigenvalue weighted by molar-refractivity contribution is 5.85. The minimum atomic E-state index is -0.199. The molecule has 126 valence electrons. The summed E-state index contributed by atoms with van der Waals surface area (Å²) >= 11 is 0. The SMILES string of the molecule is O=C(NCc1ncc[nH]1)[C@@H]1C[C@H]2CCCC[C@@H]2N1c1ncccn1. The molecule has 1 saturated carbocycles. The predicted molar refractivity (Wildman–Crippen MR) is 89.1 cm³/mol. The van der Waals surface area contributed by atoms with E-state index in [0.717, 1.165) is 18.7 Å².